The maximum Gasteiger partial charge on any atom is 0.265 e. The summed E-state index contributed by atoms with van der Waals surface area (Å²) >= 11 is 12.3. The van der Waals surface area contributed by atoms with Crippen molar-refractivity contribution in [2.45, 2.75) is 31.8 Å². The predicted octanol–water partition coefficient (Wildman–Crippen LogP) is 4.60. The van der Waals surface area contributed by atoms with Gasteiger partial charge >= 0.3 is 0 Å². The number of fused-ring (bicyclic) bond motifs is 1. The Kier molecular flexibility index (Phi) is 6.88. The Morgan fingerprint density at radius 1 is 1.00 bits per heavy atom. The Morgan fingerprint density at radius 2 is 1.71 bits per heavy atom. The van der Waals surface area contributed by atoms with Gasteiger partial charge in [-0.15, -0.1) is 0 Å². The van der Waals surface area contributed by atoms with Gasteiger partial charge in [0.25, 0.3) is 5.91 Å². The molecule has 2 aliphatic heterocycles. The lowest BCUT2D eigenvalue weighted by atomic mass is 10.1. The molecule has 1 saturated heterocycles. The summed E-state index contributed by atoms with van der Waals surface area (Å²) in [5.41, 5.74) is 1.30. The van der Waals surface area contributed by atoms with Gasteiger partial charge in [0.2, 0.25) is 5.91 Å². The number of halogens is 2. The number of hydrogen-bond donors (Lipinski definition) is 1. The first-order chi connectivity index (χ1) is 15.0. The highest BCUT2D eigenvalue weighted by molar-refractivity contribution is 6.39. The third-order valence-corrected chi connectivity index (χ3v) is 6.27. The van der Waals surface area contributed by atoms with Crippen LogP contribution in [-0.2, 0) is 9.59 Å². The van der Waals surface area contributed by atoms with Crippen LogP contribution in [0.3, 0.4) is 0 Å². The fourth-order valence-corrected chi connectivity index (χ4v) is 4.51. The smallest absolute Gasteiger partial charge is 0.265 e. The van der Waals surface area contributed by atoms with Crippen molar-refractivity contribution in [2.24, 2.45) is 0 Å². The van der Waals surface area contributed by atoms with Crippen LogP contribution in [0.4, 0.5) is 11.4 Å². The first-order valence-corrected chi connectivity index (χ1v) is 11.3. The highest BCUT2D eigenvalue weighted by Crippen LogP contribution is 2.34. The molecule has 1 fully saturated rings. The minimum atomic E-state index is -0.575. The number of likely N-dealkylation sites (tertiary alicyclic amines) is 1. The molecular formula is C23H25Cl2N3O3. The summed E-state index contributed by atoms with van der Waals surface area (Å²) in [6.07, 6.45) is 2.87. The molecular weight excluding hydrogens is 437 g/mol. The minimum absolute atomic E-state index is 0.0199. The van der Waals surface area contributed by atoms with E-state index < -0.39 is 6.10 Å². The molecule has 2 amide bonds. The van der Waals surface area contributed by atoms with Crippen molar-refractivity contribution < 1.29 is 14.3 Å². The maximum atomic E-state index is 13.0. The molecule has 2 aromatic carbocycles. The lowest BCUT2D eigenvalue weighted by Crippen LogP contribution is -2.51. The maximum absolute atomic E-state index is 13.0. The minimum Gasteiger partial charge on any atom is -0.477 e. The average Bonchev–Trinajstić information content (AvgIpc) is 2.80. The van der Waals surface area contributed by atoms with Gasteiger partial charge in [0.05, 0.1) is 28.0 Å². The van der Waals surface area contributed by atoms with Crippen LogP contribution in [0.2, 0.25) is 10.0 Å². The molecule has 1 unspecified atom stereocenters. The van der Waals surface area contributed by atoms with E-state index >= 15 is 0 Å². The number of nitrogens with one attached hydrogen (secondary N) is 1. The van der Waals surface area contributed by atoms with Crippen LogP contribution in [-0.4, -0.2) is 49.0 Å². The normalized spacial score (nSPS) is 18.2. The second-order valence-electron chi connectivity index (χ2n) is 7.80. The Labute approximate surface area is 192 Å². The molecule has 2 heterocycles. The fraction of sp³-hybridized carbons (Fsp3) is 0.391. The van der Waals surface area contributed by atoms with E-state index in [1.807, 2.05) is 34.1 Å². The van der Waals surface area contributed by atoms with E-state index in [0.29, 0.717) is 34.6 Å². The molecule has 1 atom stereocenters. The highest BCUT2D eigenvalue weighted by atomic mass is 35.5. The number of anilines is 2. The van der Waals surface area contributed by atoms with E-state index in [2.05, 4.69) is 5.32 Å². The molecule has 0 aromatic heterocycles. The van der Waals surface area contributed by atoms with Gasteiger partial charge in [-0.2, -0.15) is 0 Å². The lowest BCUT2D eigenvalue weighted by Gasteiger charge is -2.38. The Hall–Kier alpha value is -2.44. The van der Waals surface area contributed by atoms with Crippen molar-refractivity contribution in [1.82, 2.24) is 4.90 Å². The van der Waals surface area contributed by atoms with Gasteiger partial charge in [-0.3, -0.25) is 9.59 Å². The van der Waals surface area contributed by atoms with Crippen LogP contribution in [0.1, 0.15) is 25.7 Å². The fourth-order valence-electron chi connectivity index (χ4n) is 4.02. The Balaban J connectivity index is 1.43. The summed E-state index contributed by atoms with van der Waals surface area (Å²) in [5, 5.41) is 3.58. The number of nitrogens with zero attached hydrogens (tertiary/aromatic N) is 2. The van der Waals surface area contributed by atoms with Gasteiger partial charge < -0.3 is 19.9 Å². The first kappa shape index (κ1) is 21.8. The largest absolute Gasteiger partial charge is 0.477 e. The zero-order chi connectivity index (χ0) is 21.8. The van der Waals surface area contributed by atoms with E-state index in [4.69, 9.17) is 27.9 Å². The number of ether oxygens (including phenoxy) is 1. The Bertz CT molecular complexity index is 943. The molecule has 1 N–H and O–H groups in total. The SMILES string of the molecule is O=C(CCN1CC(C(=O)N2CCCCC2)Oc2ccccc21)Nc1c(Cl)cccc1Cl. The number of rotatable bonds is 5. The number of hydrogen-bond acceptors (Lipinski definition) is 4. The zero-order valence-corrected chi connectivity index (χ0v) is 18.7. The second-order valence-corrected chi connectivity index (χ2v) is 8.62. The summed E-state index contributed by atoms with van der Waals surface area (Å²) in [7, 11) is 0. The van der Waals surface area contributed by atoms with E-state index in [1.54, 1.807) is 18.2 Å². The molecule has 31 heavy (non-hydrogen) atoms. The van der Waals surface area contributed by atoms with Crippen molar-refractivity contribution in [3.63, 3.8) is 0 Å². The van der Waals surface area contributed by atoms with Crippen molar-refractivity contribution >= 4 is 46.4 Å². The number of para-hydroxylation sites is 3. The van der Waals surface area contributed by atoms with E-state index in [1.165, 1.54) is 0 Å². The molecule has 8 heteroatoms. The topological polar surface area (TPSA) is 61.9 Å². The summed E-state index contributed by atoms with van der Waals surface area (Å²) in [4.78, 5) is 29.5. The number of carbonyl (C=O) groups is 2. The van der Waals surface area contributed by atoms with Crippen LogP contribution in [0.25, 0.3) is 0 Å². The van der Waals surface area contributed by atoms with E-state index in [9.17, 15) is 9.59 Å². The molecule has 2 aliphatic rings. The predicted molar refractivity (Wildman–Crippen MR) is 123 cm³/mol. The van der Waals surface area contributed by atoms with Crippen LogP contribution in [0.15, 0.2) is 42.5 Å². The molecule has 0 spiro atoms. The third kappa shape index (κ3) is 5.08. The van der Waals surface area contributed by atoms with Gasteiger partial charge in [0.15, 0.2) is 6.10 Å². The lowest BCUT2D eigenvalue weighted by molar-refractivity contribution is -0.139. The summed E-state index contributed by atoms with van der Waals surface area (Å²) < 4.78 is 6.04. The molecule has 164 valence electrons. The molecule has 6 nitrogen and oxygen atoms in total. The highest BCUT2D eigenvalue weighted by Gasteiger charge is 2.34. The molecule has 4 rings (SSSR count). The van der Waals surface area contributed by atoms with Crippen LogP contribution in [0.5, 0.6) is 5.75 Å². The zero-order valence-electron chi connectivity index (χ0n) is 17.2. The van der Waals surface area contributed by atoms with Crippen molar-refractivity contribution in [1.29, 1.82) is 0 Å². The number of piperidine rings is 1. The van der Waals surface area contributed by atoms with Crippen LogP contribution in [0, 0.1) is 0 Å². The first-order valence-electron chi connectivity index (χ1n) is 10.6. The number of carbonyl (C=O) groups excluding carboxylic acids is 2. The van der Waals surface area contributed by atoms with E-state index in [-0.39, 0.29) is 18.2 Å². The molecule has 0 radical (unpaired) electrons. The van der Waals surface area contributed by atoms with Gasteiger partial charge in [-0.05, 0) is 43.5 Å². The quantitative estimate of drug-likeness (QED) is 0.706. The standard InChI is InChI=1S/C23H25Cl2N3O3/c24-16-7-6-8-17(25)22(16)26-21(29)11-14-28-15-20(23(30)27-12-4-1-5-13-27)31-19-10-3-2-9-18(19)28/h2-3,6-10,20H,1,4-5,11-15H2,(H,26,29). The summed E-state index contributed by atoms with van der Waals surface area (Å²) in [6, 6.07) is 12.7. The van der Waals surface area contributed by atoms with Gasteiger partial charge in [-0.1, -0.05) is 41.4 Å². The van der Waals surface area contributed by atoms with Gasteiger partial charge in [0.1, 0.15) is 5.75 Å². The molecule has 0 saturated carbocycles. The van der Waals surface area contributed by atoms with Crippen molar-refractivity contribution in [3.8, 4) is 5.75 Å². The van der Waals surface area contributed by atoms with Crippen molar-refractivity contribution in [3.05, 3.63) is 52.5 Å². The van der Waals surface area contributed by atoms with Gasteiger partial charge in [0, 0.05) is 26.1 Å². The summed E-state index contributed by atoms with van der Waals surface area (Å²) in [6.45, 7) is 2.41. The monoisotopic (exact) mass is 461 g/mol. The number of benzene rings is 2. The number of amides is 2. The average molecular weight is 462 g/mol. The summed E-state index contributed by atoms with van der Waals surface area (Å²) in [5.74, 6) is 0.489. The van der Waals surface area contributed by atoms with Gasteiger partial charge in [-0.25, -0.2) is 0 Å². The molecule has 0 aliphatic carbocycles. The second kappa shape index (κ2) is 9.79. The molecule has 2 aromatic rings. The Morgan fingerprint density at radius 3 is 2.45 bits per heavy atom. The van der Waals surface area contributed by atoms with Crippen molar-refractivity contribution in [2.75, 3.05) is 36.4 Å². The van der Waals surface area contributed by atoms with Crippen LogP contribution >= 0.6 is 23.2 Å². The van der Waals surface area contributed by atoms with Crippen LogP contribution < -0.4 is 15.0 Å². The third-order valence-electron chi connectivity index (χ3n) is 5.64. The van der Waals surface area contributed by atoms with E-state index in [0.717, 1.165) is 38.0 Å². The molecule has 0 bridgehead atoms.